The average Bonchev–Trinajstić information content (AvgIpc) is 2.29. The second-order valence-corrected chi connectivity index (χ2v) is 4.99. The van der Waals surface area contributed by atoms with Gasteiger partial charge in [-0.15, -0.1) is 0 Å². The summed E-state index contributed by atoms with van der Waals surface area (Å²) in [6.45, 7) is 0.709. The van der Waals surface area contributed by atoms with Crippen molar-refractivity contribution in [2.24, 2.45) is 0 Å². The van der Waals surface area contributed by atoms with Gasteiger partial charge >= 0.3 is 0 Å². The molecule has 1 aromatic heterocycles. The van der Waals surface area contributed by atoms with E-state index in [9.17, 15) is 0 Å². The number of benzene rings is 1. The molecule has 0 unspecified atom stereocenters. The Hall–Kier alpha value is -0.940. The molecule has 0 saturated carbocycles. The molecule has 1 aromatic carbocycles. The van der Waals surface area contributed by atoms with Gasteiger partial charge in [0.2, 0.25) is 0 Å². The number of hydrogen-bond donors (Lipinski definition) is 1. The molecule has 3 nitrogen and oxygen atoms in total. The van der Waals surface area contributed by atoms with Gasteiger partial charge in [0.05, 0.1) is 0 Å². The van der Waals surface area contributed by atoms with E-state index in [-0.39, 0.29) is 0 Å². The van der Waals surface area contributed by atoms with Crippen LogP contribution in [0.25, 0.3) is 0 Å². The van der Waals surface area contributed by atoms with Crippen LogP contribution < -0.4 is 5.32 Å². The monoisotopic (exact) mass is 341 g/mol. The first kappa shape index (κ1) is 11.5. The Kier molecular flexibility index (Phi) is 3.90. The minimum atomic E-state index is 0.709. The van der Waals surface area contributed by atoms with E-state index in [0.29, 0.717) is 6.54 Å². The Morgan fingerprint density at radius 2 is 1.88 bits per heavy atom. The van der Waals surface area contributed by atoms with Gasteiger partial charge in [0.1, 0.15) is 6.33 Å². The summed E-state index contributed by atoms with van der Waals surface area (Å²) >= 11 is 6.91. The maximum atomic E-state index is 3.96. The highest BCUT2D eigenvalue weighted by atomic mass is 79.9. The Bertz CT molecular complexity index is 474. The molecule has 0 atom stereocenters. The van der Waals surface area contributed by atoms with Crippen LogP contribution in [0.4, 0.5) is 5.69 Å². The van der Waals surface area contributed by atoms with Crippen LogP contribution in [0.3, 0.4) is 0 Å². The van der Waals surface area contributed by atoms with Gasteiger partial charge in [-0.25, -0.2) is 9.97 Å². The van der Waals surface area contributed by atoms with E-state index in [1.807, 2.05) is 18.2 Å². The molecule has 0 saturated heterocycles. The fourth-order valence-electron chi connectivity index (χ4n) is 1.25. The number of nitrogens with one attached hydrogen (secondary N) is 1. The average molecular weight is 343 g/mol. The van der Waals surface area contributed by atoms with Crippen molar-refractivity contribution in [2.75, 3.05) is 5.32 Å². The first-order chi connectivity index (χ1) is 7.75. The van der Waals surface area contributed by atoms with E-state index in [4.69, 9.17) is 0 Å². The fourth-order valence-corrected chi connectivity index (χ4v) is 2.44. The highest BCUT2D eigenvalue weighted by Crippen LogP contribution is 2.26. The van der Waals surface area contributed by atoms with E-state index in [0.717, 1.165) is 20.2 Å². The quantitative estimate of drug-likeness (QED) is 0.925. The van der Waals surface area contributed by atoms with Crippen LogP contribution >= 0.6 is 31.9 Å². The topological polar surface area (TPSA) is 37.8 Å². The third-order valence-corrected chi connectivity index (χ3v) is 3.18. The lowest BCUT2D eigenvalue weighted by molar-refractivity contribution is 1.05. The van der Waals surface area contributed by atoms with Crippen LogP contribution in [0.2, 0.25) is 0 Å². The number of aromatic nitrogens is 2. The summed E-state index contributed by atoms with van der Waals surface area (Å²) in [6.07, 6.45) is 5.12. The van der Waals surface area contributed by atoms with Crippen LogP contribution in [0.15, 0.2) is 45.9 Å². The molecule has 0 aliphatic rings. The summed E-state index contributed by atoms with van der Waals surface area (Å²) in [5.74, 6) is 0. The summed E-state index contributed by atoms with van der Waals surface area (Å²) in [5, 5.41) is 3.31. The maximum Gasteiger partial charge on any atom is 0.115 e. The molecule has 0 fully saturated rings. The molecule has 1 N–H and O–H groups in total. The van der Waals surface area contributed by atoms with Crippen molar-refractivity contribution in [3.63, 3.8) is 0 Å². The van der Waals surface area contributed by atoms with E-state index in [2.05, 4.69) is 47.1 Å². The standard InChI is InChI=1S/C11H9Br2N3/c12-9-1-2-11(10(13)3-9)16-6-8-4-14-7-15-5-8/h1-5,7,16H,6H2. The zero-order valence-corrected chi connectivity index (χ0v) is 11.5. The third-order valence-electron chi connectivity index (χ3n) is 2.03. The van der Waals surface area contributed by atoms with Gasteiger partial charge in [-0.2, -0.15) is 0 Å². The molecule has 0 aliphatic heterocycles. The predicted octanol–water partition coefficient (Wildman–Crippen LogP) is 3.61. The lowest BCUT2D eigenvalue weighted by atomic mass is 10.3. The molecule has 0 spiro atoms. The number of anilines is 1. The lowest BCUT2D eigenvalue weighted by Crippen LogP contribution is -2.00. The van der Waals surface area contributed by atoms with Crippen LogP contribution in [-0.4, -0.2) is 9.97 Å². The third kappa shape index (κ3) is 3.02. The lowest BCUT2D eigenvalue weighted by Gasteiger charge is -2.08. The van der Waals surface area contributed by atoms with Crippen molar-refractivity contribution >= 4 is 37.5 Å². The van der Waals surface area contributed by atoms with Gasteiger partial charge in [0.15, 0.2) is 0 Å². The predicted molar refractivity (Wildman–Crippen MR) is 71.2 cm³/mol. The van der Waals surface area contributed by atoms with Crippen molar-refractivity contribution in [1.29, 1.82) is 0 Å². The van der Waals surface area contributed by atoms with E-state index in [1.54, 1.807) is 12.4 Å². The first-order valence-electron chi connectivity index (χ1n) is 4.68. The van der Waals surface area contributed by atoms with E-state index >= 15 is 0 Å². The maximum absolute atomic E-state index is 3.96. The zero-order valence-electron chi connectivity index (χ0n) is 8.32. The molecule has 0 aliphatic carbocycles. The van der Waals surface area contributed by atoms with Gasteiger partial charge in [0.25, 0.3) is 0 Å². The van der Waals surface area contributed by atoms with Crippen molar-refractivity contribution in [3.8, 4) is 0 Å². The van der Waals surface area contributed by atoms with Gasteiger partial charge in [-0.1, -0.05) is 15.9 Å². The van der Waals surface area contributed by atoms with Gasteiger partial charge in [-0.05, 0) is 34.1 Å². The molecule has 16 heavy (non-hydrogen) atoms. The SMILES string of the molecule is Brc1ccc(NCc2cncnc2)c(Br)c1. The Labute approximate surface area is 111 Å². The van der Waals surface area contributed by atoms with Crippen molar-refractivity contribution in [1.82, 2.24) is 9.97 Å². The van der Waals surface area contributed by atoms with Crippen LogP contribution in [0, 0.1) is 0 Å². The molecule has 5 heteroatoms. The molecule has 2 rings (SSSR count). The second kappa shape index (κ2) is 5.41. The Balaban J connectivity index is 2.05. The Morgan fingerprint density at radius 3 is 2.56 bits per heavy atom. The summed E-state index contributed by atoms with van der Waals surface area (Å²) in [4.78, 5) is 7.93. The van der Waals surface area contributed by atoms with Crippen LogP contribution in [0.5, 0.6) is 0 Å². The summed E-state index contributed by atoms with van der Waals surface area (Å²) in [5.41, 5.74) is 2.10. The molecule has 2 aromatic rings. The molecular weight excluding hydrogens is 334 g/mol. The van der Waals surface area contributed by atoms with Crippen molar-refractivity contribution < 1.29 is 0 Å². The number of halogens is 2. The minimum Gasteiger partial charge on any atom is -0.380 e. The van der Waals surface area contributed by atoms with Crippen LogP contribution in [-0.2, 0) is 6.54 Å². The molecular formula is C11H9Br2N3. The van der Waals surface area contributed by atoms with Gasteiger partial charge in [0, 0.05) is 39.1 Å². The number of hydrogen-bond acceptors (Lipinski definition) is 3. The zero-order chi connectivity index (χ0) is 11.4. The fraction of sp³-hybridized carbons (Fsp3) is 0.0909. The normalized spacial score (nSPS) is 10.1. The van der Waals surface area contributed by atoms with E-state index in [1.165, 1.54) is 6.33 Å². The van der Waals surface area contributed by atoms with E-state index < -0.39 is 0 Å². The molecule has 0 amide bonds. The highest BCUT2D eigenvalue weighted by molar-refractivity contribution is 9.11. The molecule has 0 radical (unpaired) electrons. The van der Waals surface area contributed by atoms with Crippen molar-refractivity contribution in [3.05, 3.63) is 51.4 Å². The van der Waals surface area contributed by atoms with Gasteiger partial charge < -0.3 is 5.32 Å². The van der Waals surface area contributed by atoms with Crippen molar-refractivity contribution in [2.45, 2.75) is 6.54 Å². The summed E-state index contributed by atoms with van der Waals surface area (Å²) < 4.78 is 2.08. The smallest absolute Gasteiger partial charge is 0.115 e. The van der Waals surface area contributed by atoms with Gasteiger partial charge in [-0.3, -0.25) is 0 Å². The van der Waals surface area contributed by atoms with Crippen LogP contribution in [0.1, 0.15) is 5.56 Å². The number of rotatable bonds is 3. The second-order valence-electron chi connectivity index (χ2n) is 3.22. The minimum absolute atomic E-state index is 0.709. The summed E-state index contributed by atoms with van der Waals surface area (Å²) in [6, 6.07) is 6.01. The number of nitrogens with zero attached hydrogens (tertiary/aromatic N) is 2. The Morgan fingerprint density at radius 1 is 1.12 bits per heavy atom. The highest BCUT2D eigenvalue weighted by Gasteiger charge is 2.00. The molecule has 1 heterocycles. The summed E-state index contributed by atoms with van der Waals surface area (Å²) in [7, 11) is 0. The molecule has 82 valence electrons. The first-order valence-corrected chi connectivity index (χ1v) is 6.27. The largest absolute Gasteiger partial charge is 0.380 e. The molecule has 0 bridgehead atoms.